The van der Waals surface area contributed by atoms with Crippen LogP contribution in [0.4, 0.5) is 0 Å². The number of aromatic nitrogens is 3. The fourth-order valence-corrected chi connectivity index (χ4v) is 3.26. The van der Waals surface area contributed by atoms with Crippen LogP contribution in [0.25, 0.3) is 28.5 Å². The minimum Gasteiger partial charge on any atom is -0.462 e. The molecule has 1 heterocycles. The number of hydrogen-bond donors (Lipinski definition) is 0. The Morgan fingerprint density at radius 2 is 1.55 bits per heavy atom. The summed E-state index contributed by atoms with van der Waals surface area (Å²) >= 11 is 6.09. The van der Waals surface area contributed by atoms with E-state index in [1.54, 1.807) is 19.1 Å². The molecule has 29 heavy (non-hydrogen) atoms. The summed E-state index contributed by atoms with van der Waals surface area (Å²) in [4.78, 5) is 12.5. The zero-order chi connectivity index (χ0) is 20.2. The molecule has 0 aliphatic rings. The first kappa shape index (κ1) is 18.9. The van der Waals surface area contributed by atoms with Gasteiger partial charge in [-0.05, 0) is 37.3 Å². The van der Waals surface area contributed by atoms with E-state index in [1.165, 1.54) is 0 Å². The molecular formula is C23H18ClN3O2. The Labute approximate surface area is 173 Å². The summed E-state index contributed by atoms with van der Waals surface area (Å²) in [6.45, 7) is 2.08. The molecule has 0 unspecified atom stereocenters. The number of carbonyl (C=O) groups is 1. The Morgan fingerprint density at radius 1 is 0.897 bits per heavy atom. The van der Waals surface area contributed by atoms with Gasteiger partial charge in [0.2, 0.25) is 0 Å². The molecule has 3 aromatic carbocycles. The molecule has 0 N–H and O–H groups in total. The van der Waals surface area contributed by atoms with Gasteiger partial charge in [-0.1, -0.05) is 60.1 Å². The lowest BCUT2D eigenvalue weighted by molar-refractivity contribution is 0.0527. The highest BCUT2D eigenvalue weighted by Gasteiger charge is 2.22. The van der Waals surface area contributed by atoms with Gasteiger partial charge in [0.1, 0.15) is 0 Å². The van der Waals surface area contributed by atoms with Crippen molar-refractivity contribution in [3.63, 3.8) is 0 Å². The summed E-state index contributed by atoms with van der Waals surface area (Å²) in [5.74, 6) is 0.825. The second-order valence-electron chi connectivity index (χ2n) is 6.29. The van der Waals surface area contributed by atoms with E-state index in [0.29, 0.717) is 34.4 Å². The maximum absolute atomic E-state index is 12.5. The number of hydrogen-bond acceptors (Lipinski definition) is 4. The van der Waals surface area contributed by atoms with Crippen LogP contribution >= 0.6 is 11.6 Å². The van der Waals surface area contributed by atoms with E-state index < -0.39 is 5.97 Å². The molecule has 6 heteroatoms. The zero-order valence-electron chi connectivity index (χ0n) is 15.7. The number of nitrogens with zero attached hydrogens (tertiary/aromatic N) is 3. The highest BCUT2D eigenvalue weighted by atomic mass is 35.5. The van der Waals surface area contributed by atoms with Crippen LogP contribution in [0.15, 0.2) is 78.9 Å². The standard InChI is InChI=1S/C23H18ClN3O2/c1-2-29-23(28)20-11-7-6-10-19(20)22-26-25-21(16-8-4-3-5-9-16)27(22)18-14-12-17(24)13-15-18/h3-15H,2H2,1H3. The summed E-state index contributed by atoms with van der Waals surface area (Å²) in [5, 5.41) is 9.51. The lowest BCUT2D eigenvalue weighted by atomic mass is 10.1. The minimum atomic E-state index is -0.394. The Morgan fingerprint density at radius 3 is 2.28 bits per heavy atom. The Balaban J connectivity index is 1.95. The van der Waals surface area contributed by atoms with E-state index >= 15 is 0 Å². The highest BCUT2D eigenvalue weighted by Crippen LogP contribution is 2.31. The third-order valence-electron chi connectivity index (χ3n) is 4.44. The smallest absolute Gasteiger partial charge is 0.338 e. The van der Waals surface area contributed by atoms with Crippen molar-refractivity contribution in [3.8, 4) is 28.5 Å². The van der Waals surface area contributed by atoms with E-state index in [4.69, 9.17) is 16.3 Å². The van der Waals surface area contributed by atoms with Crippen molar-refractivity contribution in [2.45, 2.75) is 6.92 Å². The van der Waals surface area contributed by atoms with Gasteiger partial charge >= 0.3 is 5.97 Å². The maximum atomic E-state index is 12.5. The summed E-state index contributed by atoms with van der Waals surface area (Å²) < 4.78 is 7.15. The first-order valence-electron chi connectivity index (χ1n) is 9.22. The second-order valence-corrected chi connectivity index (χ2v) is 6.73. The first-order valence-corrected chi connectivity index (χ1v) is 9.60. The summed E-state index contributed by atoms with van der Waals surface area (Å²) in [6, 6.07) is 24.4. The van der Waals surface area contributed by atoms with Gasteiger partial charge in [-0.15, -0.1) is 10.2 Å². The molecule has 1 aromatic heterocycles. The van der Waals surface area contributed by atoms with Crippen LogP contribution in [0.5, 0.6) is 0 Å². The Hall–Kier alpha value is -3.44. The van der Waals surface area contributed by atoms with Gasteiger partial charge in [-0.25, -0.2) is 4.79 Å². The lowest BCUT2D eigenvalue weighted by Gasteiger charge is -2.13. The third kappa shape index (κ3) is 3.77. The average molecular weight is 404 g/mol. The van der Waals surface area contributed by atoms with Crippen LogP contribution in [0.2, 0.25) is 5.02 Å². The van der Waals surface area contributed by atoms with Crippen molar-refractivity contribution in [1.82, 2.24) is 14.8 Å². The molecule has 0 spiro atoms. The second kappa shape index (κ2) is 8.29. The molecule has 0 bridgehead atoms. The maximum Gasteiger partial charge on any atom is 0.338 e. The van der Waals surface area contributed by atoms with Gasteiger partial charge in [0.15, 0.2) is 11.6 Å². The van der Waals surface area contributed by atoms with Crippen LogP contribution in [-0.4, -0.2) is 27.3 Å². The molecule has 0 aliphatic carbocycles. The van der Waals surface area contributed by atoms with Crippen molar-refractivity contribution in [2.24, 2.45) is 0 Å². The molecule has 0 amide bonds. The summed E-state index contributed by atoms with van der Waals surface area (Å²) in [6.07, 6.45) is 0. The van der Waals surface area contributed by atoms with Gasteiger partial charge in [-0.2, -0.15) is 0 Å². The van der Waals surface area contributed by atoms with Gasteiger partial charge in [0.25, 0.3) is 0 Å². The number of halogens is 1. The third-order valence-corrected chi connectivity index (χ3v) is 4.70. The monoisotopic (exact) mass is 403 g/mol. The van der Waals surface area contributed by atoms with Crippen molar-refractivity contribution in [1.29, 1.82) is 0 Å². The fraction of sp³-hybridized carbons (Fsp3) is 0.0870. The predicted octanol–water partition coefficient (Wildman–Crippen LogP) is 5.43. The van der Waals surface area contributed by atoms with E-state index in [2.05, 4.69) is 10.2 Å². The molecule has 0 radical (unpaired) electrons. The molecule has 0 atom stereocenters. The Kier molecular flexibility index (Phi) is 5.40. The van der Waals surface area contributed by atoms with E-state index in [-0.39, 0.29) is 0 Å². The zero-order valence-corrected chi connectivity index (χ0v) is 16.5. The van der Waals surface area contributed by atoms with Crippen LogP contribution in [0.1, 0.15) is 17.3 Å². The number of esters is 1. The average Bonchev–Trinajstić information content (AvgIpc) is 3.20. The summed E-state index contributed by atoms with van der Waals surface area (Å²) in [5.41, 5.74) is 2.84. The number of rotatable bonds is 5. The van der Waals surface area contributed by atoms with Crippen molar-refractivity contribution in [3.05, 3.63) is 89.4 Å². The fourth-order valence-electron chi connectivity index (χ4n) is 3.13. The largest absolute Gasteiger partial charge is 0.462 e. The number of ether oxygens (including phenoxy) is 1. The van der Waals surface area contributed by atoms with Gasteiger partial charge < -0.3 is 4.74 Å². The topological polar surface area (TPSA) is 57.0 Å². The van der Waals surface area contributed by atoms with E-state index in [0.717, 1.165) is 11.3 Å². The van der Waals surface area contributed by atoms with E-state index in [1.807, 2.05) is 71.3 Å². The molecule has 144 valence electrons. The van der Waals surface area contributed by atoms with Crippen LogP contribution in [-0.2, 0) is 4.74 Å². The molecule has 0 saturated heterocycles. The quantitative estimate of drug-likeness (QED) is 0.417. The normalized spacial score (nSPS) is 10.7. The molecule has 4 aromatic rings. The molecule has 0 saturated carbocycles. The summed E-state index contributed by atoms with van der Waals surface area (Å²) in [7, 11) is 0. The van der Waals surface area contributed by atoms with Gasteiger partial charge in [0, 0.05) is 21.8 Å². The van der Waals surface area contributed by atoms with Crippen LogP contribution < -0.4 is 0 Å². The molecule has 0 fully saturated rings. The molecule has 0 aliphatic heterocycles. The molecule has 5 nitrogen and oxygen atoms in total. The molecule has 4 rings (SSSR count). The first-order chi connectivity index (χ1) is 14.2. The van der Waals surface area contributed by atoms with Crippen molar-refractivity contribution in [2.75, 3.05) is 6.61 Å². The van der Waals surface area contributed by atoms with Gasteiger partial charge in [-0.3, -0.25) is 4.57 Å². The van der Waals surface area contributed by atoms with Crippen molar-refractivity contribution < 1.29 is 9.53 Å². The highest BCUT2D eigenvalue weighted by molar-refractivity contribution is 6.30. The molecular weight excluding hydrogens is 386 g/mol. The number of benzene rings is 3. The predicted molar refractivity (Wildman–Crippen MR) is 113 cm³/mol. The van der Waals surface area contributed by atoms with Crippen molar-refractivity contribution >= 4 is 17.6 Å². The van der Waals surface area contributed by atoms with Crippen LogP contribution in [0.3, 0.4) is 0 Å². The van der Waals surface area contributed by atoms with E-state index in [9.17, 15) is 4.79 Å². The lowest BCUT2D eigenvalue weighted by Crippen LogP contribution is -2.08. The van der Waals surface area contributed by atoms with Crippen LogP contribution in [0, 0.1) is 0 Å². The minimum absolute atomic E-state index is 0.298. The number of carbonyl (C=O) groups excluding carboxylic acids is 1. The van der Waals surface area contributed by atoms with Gasteiger partial charge in [0.05, 0.1) is 12.2 Å². The SMILES string of the molecule is CCOC(=O)c1ccccc1-c1nnc(-c2ccccc2)n1-c1ccc(Cl)cc1. The Bertz CT molecular complexity index is 1140.